The molecule has 0 spiro atoms. The first kappa shape index (κ1) is 19.6. The van der Waals surface area contributed by atoms with Crippen molar-refractivity contribution in [2.24, 2.45) is 7.05 Å². The Morgan fingerprint density at radius 2 is 1.73 bits per heavy atom. The van der Waals surface area contributed by atoms with Gasteiger partial charge in [0.2, 0.25) is 0 Å². The molecule has 0 aliphatic rings. The number of aryl methyl sites for hydroxylation is 5. The van der Waals surface area contributed by atoms with Crippen LogP contribution >= 0.6 is 0 Å². The zero-order valence-electron chi connectivity index (χ0n) is 17.7. The molecule has 0 bridgehead atoms. The summed E-state index contributed by atoms with van der Waals surface area (Å²) < 4.78 is 10.6. The van der Waals surface area contributed by atoms with E-state index in [1.807, 2.05) is 68.8 Å². The normalized spacial score (nSPS) is 11.1. The van der Waals surface area contributed by atoms with Crippen LogP contribution in [-0.4, -0.2) is 29.6 Å². The van der Waals surface area contributed by atoms with Crippen LogP contribution in [0.25, 0.3) is 11.4 Å². The molecule has 0 aliphatic carbocycles. The number of benzene rings is 2. The van der Waals surface area contributed by atoms with Gasteiger partial charge >= 0.3 is 5.69 Å². The minimum absolute atomic E-state index is 0.299. The van der Waals surface area contributed by atoms with Crippen molar-refractivity contribution in [1.82, 2.24) is 29.6 Å². The van der Waals surface area contributed by atoms with E-state index in [4.69, 9.17) is 4.74 Å². The van der Waals surface area contributed by atoms with Crippen molar-refractivity contribution >= 4 is 0 Å². The number of tetrazole rings is 1. The zero-order chi connectivity index (χ0) is 21.4. The molecule has 0 saturated carbocycles. The average molecular weight is 404 g/mol. The molecule has 0 N–H and O–H groups in total. The molecule has 0 aliphatic heterocycles. The predicted octanol–water partition coefficient (Wildman–Crippen LogP) is 2.96. The van der Waals surface area contributed by atoms with Crippen molar-refractivity contribution in [2.75, 3.05) is 0 Å². The van der Waals surface area contributed by atoms with Crippen LogP contribution in [0.1, 0.15) is 28.1 Å². The highest BCUT2D eigenvalue weighted by atomic mass is 16.5. The molecular weight excluding hydrogens is 380 g/mol. The van der Waals surface area contributed by atoms with Crippen LogP contribution in [0.5, 0.6) is 5.75 Å². The second-order valence-corrected chi connectivity index (χ2v) is 7.45. The van der Waals surface area contributed by atoms with E-state index in [0.29, 0.717) is 12.3 Å². The summed E-state index contributed by atoms with van der Waals surface area (Å²) in [6.45, 7) is 8.33. The second kappa shape index (κ2) is 7.62. The molecule has 0 unspecified atom stereocenters. The predicted molar refractivity (Wildman–Crippen MR) is 113 cm³/mol. The Bertz CT molecular complexity index is 1280. The molecule has 8 heteroatoms. The van der Waals surface area contributed by atoms with Gasteiger partial charge < -0.3 is 4.74 Å². The highest BCUT2D eigenvalue weighted by molar-refractivity contribution is 5.46. The summed E-state index contributed by atoms with van der Waals surface area (Å²) in [7, 11) is 1.57. The summed E-state index contributed by atoms with van der Waals surface area (Å²) in [5.74, 6) is 0.779. The van der Waals surface area contributed by atoms with E-state index in [9.17, 15) is 4.79 Å². The molecule has 4 aromatic rings. The van der Waals surface area contributed by atoms with Gasteiger partial charge in [-0.05, 0) is 79.6 Å². The molecule has 2 aromatic heterocycles. The Labute approximate surface area is 174 Å². The number of hydrogen-bond donors (Lipinski definition) is 0. The SMILES string of the molecule is Cc1cc(C)n(-c2ccc(OCc3c(C)cccc3-n3nnn(C)c3=O)c(C)c2)n1. The Morgan fingerprint density at radius 3 is 2.37 bits per heavy atom. The molecule has 4 rings (SSSR count). The van der Waals surface area contributed by atoms with E-state index in [1.54, 1.807) is 7.05 Å². The minimum atomic E-state index is -0.299. The van der Waals surface area contributed by atoms with Crippen molar-refractivity contribution in [3.63, 3.8) is 0 Å². The molecule has 30 heavy (non-hydrogen) atoms. The highest BCUT2D eigenvalue weighted by Crippen LogP contribution is 2.25. The lowest BCUT2D eigenvalue weighted by Gasteiger charge is -2.15. The number of rotatable bonds is 5. The topological polar surface area (TPSA) is 79.8 Å². The lowest BCUT2D eigenvalue weighted by atomic mass is 10.1. The third-order valence-corrected chi connectivity index (χ3v) is 5.12. The van der Waals surface area contributed by atoms with Crippen molar-refractivity contribution in [3.05, 3.63) is 81.0 Å². The Morgan fingerprint density at radius 1 is 0.933 bits per heavy atom. The maximum absolute atomic E-state index is 12.3. The van der Waals surface area contributed by atoms with E-state index in [0.717, 1.165) is 39.5 Å². The first-order valence-electron chi connectivity index (χ1n) is 9.70. The average Bonchev–Trinajstić information content (AvgIpc) is 3.22. The highest BCUT2D eigenvalue weighted by Gasteiger charge is 2.14. The first-order valence-corrected chi connectivity index (χ1v) is 9.70. The fraction of sp³-hybridized carbons (Fsp3) is 0.273. The number of hydrogen-bond acceptors (Lipinski definition) is 5. The van der Waals surface area contributed by atoms with Gasteiger partial charge in [0.15, 0.2) is 0 Å². The molecule has 0 radical (unpaired) electrons. The van der Waals surface area contributed by atoms with Crippen molar-refractivity contribution < 1.29 is 4.74 Å². The summed E-state index contributed by atoms with van der Waals surface area (Å²) in [6.07, 6.45) is 0. The van der Waals surface area contributed by atoms with Crippen LogP contribution in [0, 0.1) is 27.7 Å². The van der Waals surface area contributed by atoms with Crippen LogP contribution < -0.4 is 10.4 Å². The number of nitrogens with zero attached hydrogens (tertiary/aromatic N) is 6. The number of ether oxygens (including phenoxy) is 1. The monoisotopic (exact) mass is 404 g/mol. The maximum Gasteiger partial charge on any atom is 0.368 e. The smallest absolute Gasteiger partial charge is 0.368 e. The standard InChI is InChI=1S/C22H24N6O2/c1-14-7-6-8-20(28-22(29)26(5)24-25-28)19(14)13-30-21-10-9-18(11-15(21)2)27-17(4)12-16(3)23-27/h6-12H,13H2,1-5H3. The molecule has 0 saturated heterocycles. The Hall–Kier alpha value is -3.68. The first-order chi connectivity index (χ1) is 14.3. The molecule has 8 nitrogen and oxygen atoms in total. The van der Waals surface area contributed by atoms with Crippen LogP contribution in [0.4, 0.5) is 0 Å². The summed E-state index contributed by atoms with van der Waals surface area (Å²) in [6, 6.07) is 13.8. The van der Waals surface area contributed by atoms with Crippen molar-refractivity contribution in [2.45, 2.75) is 34.3 Å². The Kier molecular flexibility index (Phi) is 4.99. The molecule has 0 amide bonds. The van der Waals surface area contributed by atoms with Gasteiger partial charge in [-0.2, -0.15) is 14.5 Å². The van der Waals surface area contributed by atoms with Crippen LogP contribution in [0.3, 0.4) is 0 Å². The van der Waals surface area contributed by atoms with Crippen LogP contribution in [-0.2, 0) is 13.7 Å². The fourth-order valence-corrected chi connectivity index (χ4v) is 3.51. The summed E-state index contributed by atoms with van der Waals surface area (Å²) >= 11 is 0. The molecule has 0 fully saturated rings. The second-order valence-electron chi connectivity index (χ2n) is 7.45. The molecular formula is C22H24N6O2. The fourth-order valence-electron chi connectivity index (χ4n) is 3.51. The van der Waals surface area contributed by atoms with Crippen LogP contribution in [0.15, 0.2) is 47.3 Å². The van der Waals surface area contributed by atoms with Crippen molar-refractivity contribution in [1.29, 1.82) is 0 Å². The van der Waals surface area contributed by atoms with E-state index in [-0.39, 0.29) is 5.69 Å². The largest absolute Gasteiger partial charge is 0.489 e. The van der Waals surface area contributed by atoms with Crippen LogP contribution in [0.2, 0.25) is 0 Å². The summed E-state index contributed by atoms with van der Waals surface area (Å²) in [5.41, 5.74) is 6.35. The lowest BCUT2D eigenvalue weighted by Crippen LogP contribution is -2.23. The van der Waals surface area contributed by atoms with Gasteiger partial charge in [-0.15, -0.1) is 0 Å². The van der Waals surface area contributed by atoms with E-state index < -0.39 is 0 Å². The molecule has 2 aromatic carbocycles. The number of aromatic nitrogens is 6. The van der Waals surface area contributed by atoms with E-state index in [2.05, 4.69) is 21.6 Å². The van der Waals surface area contributed by atoms with E-state index >= 15 is 0 Å². The van der Waals surface area contributed by atoms with E-state index in [1.165, 1.54) is 9.36 Å². The molecule has 154 valence electrons. The van der Waals surface area contributed by atoms with Gasteiger partial charge in [-0.3, -0.25) is 0 Å². The zero-order valence-corrected chi connectivity index (χ0v) is 17.7. The van der Waals surface area contributed by atoms with Gasteiger partial charge in [-0.25, -0.2) is 9.48 Å². The third kappa shape index (κ3) is 3.52. The van der Waals surface area contributed by atoms with Gasteiger partial charge in [-0.1, -0.05) is 12.1 Å². The lowest BCUT2D eigenvalue weighted by molar-refractivity contribution is 0.302. The van der Waals surface area contributed by atoms with Crippen molar-refractivity contribution in [3.8, 4) is 17.1 Å². The maximum atomic E-state index is 12.3. The van der Waals surface area contributed by atoms with Gasteiger partial charge in [0, 0.05) is 18.3 Å². The Balaban J connectivity index is 1.62. The quantitative estimate of drug-likeness (QED) is 0.511. The summed E-state index contributed by atoms with van der Waals surface area (Å²) in [4.78, 5) is 12.3. The molecule has 2 heterocycles. The third-order valence-electron chi connectivity index (χ3n) is 5.12. The van der Waals surface area contributed by atoms with Gasteiger partial charge in [0.25, 0.3) is 0 Å². The summed E-state index contributed by atoms with van der Waals surface area (Å²) in [5, 5.41) is 12.3. The van der Waals surface area contributed by atoms with Gasteiger partial charge in [0.1, 0.15) is 12.4 Å². The van der Waals surface area contributed by atoms with Gasteiger partial charge in [0.05, 0.1) is 17.1 Å². The minimum Gasteiger partial charge on any atom is -0.489 e. The molecule has 0 atom stereocenters.